The first-order valence-corrected chi connectivity index (χ1v) is 13.2. The molecule has 3 aromatic heterocycles. The molecule has 0 bridgehead atoms. The number of amides is 1. The molecule has 226 valence electrons. The second kappa shape index (κ2) is 10.7. The molecule has 1 aromatic carbocycles. The van der Waals surface area contributed by atoms with Gasteiger partial charge in [-0.15, -0.1) is 0 Å². The first-order valence-electron chi connectivity index (χ1n) is 13.2. The highest BCUT2D eigenvalue weighted by Gasteiger charge is 2.41. The van der Waals surface area contributed by atoms with Crippen molar-refractivity contribution in [3.63, 3.8) is 0 Å². The number of pyridine rings is 2. The lowest BCUT2D eigenvalue weighted by atomic mass is 9.98. The Morgan fingerprint density at radius 2 is 1.86 bits per heavy atom. The summed E-state index contributed by atoms with van der Waals surface area (Å²) in [7, 11) is 0. The van der Waals surface area contributed by atoms with Crippen molar-refractivity contribution >= 4 is 17.7 Å². The zero-order chi connectivity index (χ0) is 32.1. The molecule has 1 aliphatic carbocycles. The van der Waals surface area contributed by atoms with Crippen LogP contribution in [0.3, 0.4) is 0 Å². The molecule has 1 amide bonds. The Labute approximate surface area is 248 Å². The van der Waals surface area contributed by atoms with Crippen LogP contribution in [0.15, 0.2) is 43.0 Å². The highest BCUT2D eigenvalue weighted by Crippen LogP contribution is 2.47. The van der Waals surface area contributed by atoms with Crippen molar-refractivity contribution in [1.82, 2.24) is 19.7 Å². The van der Waals surface area contributed by atoms with Crippen molar-refractivity contribution in [1.29, 1.82) is 5.26 Å². The van der Waals surface area contributed by atoms with Crippen molar-refractivity contribution in [3.8, 4) is 34.0 Å². The molecule has 5 rings (SSSR count). The molecule has 0 aliphatic heterocycles. The fourth-order valence-corrected chi connectivity index (χ4v) is 5.06. The van der Waals surface area contributed by atoms with Gasteiger partial charge in [0.25, 0.3) is 0 Å². The second-order valence-electron chi connectivity index (χ2n) is 10.9. The summed E-state index contributed by atoms with van der Waals surface area (Å²) in [6.45, 7) is 6.83. The number of nitriles is 1. The zero-order valence-corrected chi connectivity index (χ0v) is 23.8. The number of aromatic nitrogens is 4. The molecule has 1 aliphatic rings. The van der Waals surface area contributed by atoms with Gasteiger partial charge in [-0.25, -0.2) is 18.7 Å². The number of ether oxygens (including phenoxy) is 1. The number of nitrogens with zero attached hydrogens (tertiary/aromatic N) is 6. The Hall–Kier alpha value is -5.32. The average Bonchev–Trinajstić information content (AvgIpc) is 3.55. The first-order chi connectivity index (χ1) is 20.6. The Kier molecular flexibility index (Phi) is 7.36. The number of anilines is 1. The van der Waals surface area contributed by atoms with Crippen LogP contribution >= 0.6 is 0 Å². The van der Waals surface area contributed by atoms with Gasteiger partial charge in [0.15, 0.2) is 5.69 Å². The lowest BCUT2D eigenvalue weighted by Gasteiger charge is -2.28. The standard InChI is InChI=1S/C30H24F4N6O4/c1-5-39(28(43)44-29(2,3)4)23-8-17(31)7-19-18(23)9-22-24(19)25(20(13-37-22)16-6-15(10-35)11-36-12-16)40-14-21(27(41)42)26(38-40)30(32,33)34/h6-8,11-14H,5,9H2,1-4H3,(H,41,42). The summed E-state index contributed by atoms with van der Waals surface area (Å²) in [5.74, 6) is -2.60. The molecule has 0 radical (unpaired) electrons. The number of hydrogen-bond donors (Lipinski definition) is 1. The molecular weight excluding hydrogens is 584 g/mol. The average molecular weight is 609 g/mol. The maximum atomic E-state index is 15.3. The maximum absolute atomic E-state index is 15.3. The highest BCUT2D eigenvalue weighted by molar-refractivity contribution is 5.96. The Morgan fingerprint density at radius 3 is 2.45 bits per heavy atom. The van der Waals surface area contributed by atoms with Crippen molar-refractivity contribution in [2.24, 2.45) is 0 Å². The number of aromatic carboxylic acids is 1. The topological polar surface area (TPSA) is 134 Å². The van der Waals surface area contributed by atoms with E-state index in [4.69, 9.17) is 4.74 Å². The minimum Gasteiger partial charge on any atom is -0.478 e. The number of carbonyl (C=O) groups excluding carboxylic acids is 1. The zero-order valence-electron chi connectivity index (χ0n) is 23.8. The Bertz CT molecular complexity index is 1870. The molecule has 3 heterocycles. The molecule has 44 heavy (non-hydrogen) atoms. The van der Waals surface area contributed by atoms with E-state index in [1.54, 1.807) is 27.7 Å². The summed E-state index contributed by atoms with van der Waals surface area (Å²) in [5, 5.41) is 22.6. The van der Waals surface area contributed by atoms with E-state index < -0.39 is 40.9 Å². The van der Waals surface area contributed by atoms with E-state index in [1.165, 1.54) is 35.6 Å². The van der Waals surface area contributed by atoms with Gasteiger partial charge in [0, 0.05) is 54.4 Å². The lowest BCUT2D eigenvalue weighted by Crippen LogP contribution is -2.37. The number of carbonyl (C=O) groups is 2. The van der Waals surface area contributed by atoms with Gasteiger partial charge >= 0.3 is 18.2 Å². The van der Waals surface area contributed by atoms with E-state index in [0.717, 1.165) is 16.9 Å². The summed E-state index contributed by atoms with van der Waals surface area (Å²) < 4.78 is 63.3. The van der Waals surface area contributed by atoms with Gasteiger partial charge in [-0.3, -0.25) is 14.9 Å². The molecule has 10 nitrogen and oxygen atoms in total. The van der Waals surface area contributed by atoms with Crippen molar-refractivity contribution in [2.75, 3.05) is 11.4 Å². The largest absolute Gasteiger partial charge is 0.478 e. The van der Waals surface area contributed by atoms with Gasteiger partial charge in [-0.1, -0.05) is 0 Å². The quantitative estimate of drug-likeness (QED) is 0.227. The minimum atomic E-state index is -5.11. The Balaban J connectivity index is 1.82. The number of carboxylic acid groups (broad SMARTS) is 1. The van der Waals surface area contributed by atoms with Crippen LogP contribution in [0.5, 0.6) is 0 Å². The van der Waals surface area contributed by atoms with Crippen LogP contribution in [0.25, 0.3) is 27.9 Å². The molecule has 0 spiro atoms. The van der Waals surface area contributed by atoms with E-state index >= 15 is 4.39 Å². The van der Waals surface area contributed by atoms with Gasteiger partial charge in [0.1, 0.15) is 23.1 Å². The monoisotopic (exact) mass is 608 g/mol. The van der Waals surface area contributed by atoms with Gasteiger partial charge in [0.05, 0.1) is 22.6 Å². The fourth-order valence-electron chi connectivity index (χ4n) is 5.06. The van der Waals surface area contributed by atoms with Crippen LogP contribution in [0.4, 0.5) is 28.0 Å². The van der Waals surface area contributed by atoms with Crippen LogP contribution < -0.4 is 4.90 Å². The molecule has 0 saturated carbocycles. The normalized spacial score (nSPS) is 12.3. The van der Waals surface area contributed by atoms with E-state index in [1.807, 2.05) is 6.07 Å². The van der Waals surface area contributed by atoms with Crippen LogP contribution in [0.1, 0.15) is 60.6 Å². The molecule has 4 aromatic rings. The number of alkyl halides is 3. The number of halogens is 4. The van der Waals surface area contributed by atoms with Crippen molar-refractivity contribution in [3.05, 3.63) is 76.9 Å². The SMILES string of the molecule is CCN(C(=O)OC(C)(C)C)c1cc(F)cc2c1Cc1ncc(-c3cncc(C#N)c3)c(-n3cc(C(=O)O)c(C(F)(F)F)n3)c1-2. The summed E-state index contributed by atoms with van der Waals surface area (Å²) in [4.78, 5) is 34.7. The fraction of sp³-hybridized carbons (Fsp3) is 0.267. The Morgan fingerprint density at radius 1 is 1.14 bits per heavy atom. The summed E-state index contributed by atoms with van der Waals surface area (Å²) in [6.07, 6.45) is -1.07. The van der Waals surface area contributed by atoms with Gasteiger partial charge in [0.2, 0.25) is 0 Å². The molecule has 0 unspecified atom stereocenters. The van der Waals surface area contributed by atoms with E-state index in [-0.39, 0.29) is 52.2 Å². The predicted molar refractivity (Wildman–Crippen MR) is 149 cm³/mol. The van der Waals surface area contributed by atoms with Gasteiger partial charge in [-0.2, -0.15) is 23.5 Å². The van der Waals surface area contributed by atoms with Crippen LogP contribution in [0.2, 0.25) is 0 Å². The molecule has 0 atom stereocenters. The number of rotatable bonds is 5. The van der Waals surface area contributed by atoms with Crippen molar-refractivity contribution in [2.45, 2.75) is 45.9 Å². The third kappa shape index (κ3) is 5.44. The second-order valence-corrected chi connectivity index (χ2v) is 10.9. The summed E-state index contributed by atoms with van der Waals surface area (Å²) in [5.41, 5.74) is -1.73. The molecular formula is C30H24F4N6O4. The van der Waals surface area contributed by atoms with Crippen LogP contribution in [0, 0.1) is 17.1 Å². The third-order valence-corrected chi connectivity index (χ3v) is 6.78. The molecule has 0 fully saturated rings. The number of hydrogen-bond acceptors (Lipinski definition) is 7. The minimum absolute atomic E-state index is 0.0412. The smallest absolute Gasteiger partial charge is 0.436 e. The van der Waals surface area contributed by atoms with E-state index in [0.29, 0.717) is 11.3 Å². The lowest BCUT2D eigenvalue weighted by molar-refractivity contribution is -0.141. The van der Waals surface area contributed by atoms with E-state index in [9.17, 15) is 33.1 Å². The first kappa shape index (κ1) is 30.1. The van der Waals surface area contributed by atoms with Crippen LogP contribution in [-0.4, -0.2) is 49.1 Å². The van der Waals surface area contributed by atoms with Gasteiger partial charge in [-0.05, 0) is 57.0 Å². The number of fused-ring (bicyclic) bond motifs is 3. The van der Waals surface area contributed by atoms with Crippen molar-refractivity contribution < 1.29 is 37.0 Å². The predicted octanol–water partition coefficient (Wildman–Crippen LogP) is 6.39. The number of benzene rings is 1. The highest BCUT2D eigenvalue weighted by atomic mass is 19.4. The van der Waals surface area contributed by atoms with Crippen LogP contribution in [-0.2, 0) is 17.3 Å². The molecule has 14 heteroatoms. The third-order valence-electron chi connectivity index (χ3n) is 6.78. The summed E-state index contributed by atoms with van der Waals surface area (Å²) >= 11 is 0. The molecule has 1 N–H and O–H groups in total. The summed E-state index contributed by atoms with van der Waals surface area (Å²) in [6, 6.07) is 5.70. The maximum Gasteiger partial charge on any atom is 0.436 e. The number of carboxylic acids is 1. The van der Waals surface area contributed by atoms with Gasteiger partial charge < -0.3 is 9.84 Å². The molecule has 0 saturated heterocycles. The van der Waals surface area contributed by atoms with E-state index in [2.05, 4.69) is 15.1 Å².